The van der Waals surface area contributed by atoms with Gasteiger partial charge in [0.1, 0.15) is 11.6 Å². The van der Waals surface area contributed by atoms with Crippen LogP contribution in [0.5, 0.6) is 0 Å². The van der Waals surface area contributed by atoms with Crippen molar-refractivity contribution >= 4 is 11.6 Å². The van der Waals surface area contributed by atoms with Crippen LogP contribution < -0.4 is 0 Å². The van der Waals surface area contributed by atoms with E-state index >= 15 is 0 Å². The van der Waals surface area contributed by atoms with E-state index in [1.165, 1.54) is 6.07 Å². The minimum Gasteiger partial charge on any atom is -0.342 e. The summed E-state index contributed by atoms with van der Waals surface area (Å²) in [7, 11) is 0. The number of fused-ring (bicyclic) bond motifs is 1. The molecule has 6 heteroatoms. The van der Waals surface area contributed by atoms with Gasteiger partial charge in [0.05, 0.1) is 0 Å². The molecule has 1 saturated carbocycles. The van der Waals surface area contributed by atoms with Gasteiger partial charge < -0.3 is 4.90 Å². The second kappa shape index (κ2) is 6.44. The fourth-order valence-corrected chi connectivity index (χ4v) is 4.35. The molecule has 1 saturated heterocycles. The van der Waals surface area contributed by atoms with Gasteiger partial charge in [0.15, 0.2) is 5.65 Å². The van der Waals surface area contributed by atoms with Gasteiger partial charge in [0.25, 0.3) is 0 Å². The first-order valence-electron chi connectivity index (χ1n) is 9.55. The van der Waals surface area contributed by atoms with Crippen LogP contribution in [0.25, 0.3) is 5.65 Å². The zero-order chi connectivity index (χ0) is 18.4. The van der Waals surface area contributed by atoms with Gasteiger partial charge >= 0.3 is 0 Å². The molecule has 3 unspecified atom stereocenters. The van der Waals surface area contributed by atoms with Crippen LogP contribution in [0.2, 0.25) is 0 Å². The Kier molecular flexibility index (Phi) is 3.92. The van der Waals surface area contributed by atoms with Crippen molar-refractivity contribution in [3.63, 3.8) is 0 Å². The maximum absolute atomic E-state index is 14.0. The van der Waals surface area contributed by atoms with E-state index < -0.39 is 0 Å². The van der Waals surface area contributed by atoms with E-state index in [4.69, 9.17) is 0 Å². The molecular weight excluding hydrogens is 343 g/mol. The first-order chi connectivity index (χ1) is 13.2. The van der Waals surface area contributed by atoms with E-state index in [0.29, 0.717) is 12.1 Å². The minimum absolute atomic E-state index is 0.0213. The van der Waals surface area contributed by atoms with Crippen LogP contribution in [0, 0.1) is 11.7 Å². The van der Waals surface area contributed by atoms with Crippen molar-refractivity contribution in [2.24, 2.45) is 5.92 Å². The number of likely N-dealkylation sites (tertiary alicyclic amines) is 1. The lowest BCUT2D eigenvalue weighted by molar-refractivity contribution is -0.133. The van der Waals surface area contributed by atoms with E-state index in [-0.39, 0.29) is 29.5 Å². The molecule has 0 bridgehead atoms. The van der Waals surface area contributed by atoms with E-state index in [2.05, 4.69) is 10.2 Å². The summed E-state index contributed by atoms with van der Waals surface area (Å²) >= 11 is 0. The molecule has 0 N–H and O–H groups in total. The van der Waals surface area contributed by atoms with Crippen LogP contribution >= 0.6 is 0 Å². The van der Waals surface area contributed by atoms with Crippen LogP contribution in [0.15, 0.2) is 48.7 Å². The SMILES string of the molecule is O=C(C1CC1c1ccccc1F)N1CCCC(c2nnc3ccccn23)C1. The van der Waals surface area contributed by atoms with Gasteiger partial charge in [0, 0.05) is 31.1 Å². The fraction of sp³-hybridized carbons (Fsp3) is 0.381. The predicted molar refractivity (Wildman–Crippen MR) is 98.8 cm³/mol. The average molecular weight is 364 g/mol. The van der Waals surface area contributed by atoms with E-state index in [0.717, 1.165) is 37.3 Å². The third-order valence-corrected chi connectivity index (χ3v) is 5.85. The number of hydrogen-bond acceptors (Lipinski definition) is 3. The smallest absolute Gasteiger partial charge is 0.226 e. The highest BCUT2D eigenvalue weighted by Gasteiger charge is 2.47. The number of carbonyl (C=O) groups is 1. The Hall–Kier alpha value is -2.76. The topological polar surface area (TPSA) is 50.5 Å². The Labute approximate surface area is 156 Å². The first-order valence-corrected chi connectivity index (χ1v) is 9.55. The van der Waals surface area contributed by atoms with E-state index in [9.17, 15) is 9.18 Å². The highest BCUT2D eigenvalue weighted by atomic mass is 19.1. The molecule has 138 valence electrons. The molecular formula is C21H21FN4O. The molecule has 1 aromatic carbocycles. The third-order valence-electron chi connectivity index (χ3n) is 5.85. The van der Waals surface area contributed by atoms with Crippen molar-refractivity contribution in [2.45, 2.75) is 31.1 Å². The summed E-state index contributed by atoms with van der Waals surface area (Å²) in [5.74, 6) is 0.991. The Morgan fingerprint density at radius 3 is 2.85 bits per heavy atom. The number of amides is 1. The monoisotopic (exact) mass is 364 g/mol. The van der Waals surface area contributed by atoms with Gasteiger partial charge in [0.2, 0.25) is 5.91 Å². The number of carbonyl (C=O) groups excluding carboxylic acids is 1. The summed E-state index contributed by atoms with van der Waals surface area (Å²) in [5.41, 5.74) is 1.51. The summed E-state index contributed by atoms with van der Waals surface area (Å²) in [6.07, 6.45) is 4.67. The Balaban J connectivity index is 1.32. The van der Waals surface area contributed by atoms with Gasteiger partial charge in [-0.15, -0.1) is 10.2 Å². The van der Waals surface area contributed by atoms with Gasteiger partial charge in [-0.2, -0.15) is 0 Å². The Morgan fingerprint density at radius 1 is 1.11 bits per heavy atom. The standard InChI is InChI=1S/C21H21FN4O/c22-18-8-2-1-7-15(18)16-12-17(16)21(27)25-10-5-6-14(13-25)20-24-23-19-9-3-4-11-26(19)20/h1-4,7-9,11,14,16-17H,5-6,10,12-13H2. The molecule has 0 radical (unpaired) electrons. The van der Waals surface area contributed by atoms with Crippen molar-refractivity contribution in [3.05, 3.63) is 65.9 Å². The highest BCUT2D eigenvalue weighted by molar-refractivity contribution is 5.83. The van der Waals surface area contributed by atoms with Crippen LogP contribution in [0.3, 0.4) is 0 Å². The summed E-state index contributed by atoms with van der Waals surface area (Å²) in [6, 6.07) is 12.7. The molecule has 2 aliphatic rings. The molecule has 3 aromatic rings. The second-order valence-corrected chi connectivity index (χ2v) is 7.58. The van der Waals surface area contributed by atoms with Crippen LogP contribution in [0.1, 0.15) is 42.5 Å². The van der Waals surface area contributed by atoms with Gasteiger partial charge in [-0.3, -0.25) is 9.20 Å². The molecule has 27 heavy (non-hydrogen) atoms. The highest BCUT2D eigenvalue weighted by Crippen LogP contribution is 2.49. The predicted octanol–water partition coefficient (Wildman–Crippen LogP) is 3.38. The molecule has 0 spiro atoms. The number of benzene rings is 1. The first kappa shape index (κ1) is 16.4. The summed E-state index contributed by atoms with van der Waals surface area (Å²) in [5, 5.41) is 8.61. The van der Waals surface area contributed by atoms with Crippen LogP contribution in [0.4, 0.5) is 4.39 Å². The summed E-state index contributed by atoms with van der Waals surface area (Å²) in [4.78, 5) is 14.9. The van der Waals surface area contributed by atoms with E-state index in [1.807, 2.05) is 39.8 Å². The molecule has 3 heterocycles. The number of rotatable bonds is 3. The maximum atomic E-state index is 14.0. The van der Waals surface area contributed by atoms with Crippen molar-refractivity contribution in [1.82, 2.24) is 19.5 Å². The van der Waals surface area contributed by atoms with Gasteiger partial charge in [-0.05, 0) is 48.9 Å². The summed E-state index contributed by atoms with van der Waals surface area (Å²) in [6.45, 7) is 1.43. The number of piperidine rings is 1. The van der Waals surface area contributed by atoms with Crippen molar-refractivity contribution in [1.29, 1.82) is 0 Å². The average Bonchev–Trinajstić information content (AvgIpc) is 3.38. The lowest BCUT2D eigenvalue weighted by atomic mass is 9.96. The zero-order valence-corrected chi connectivity index (χ0v) is 15.0. The number of pyridine rings is 1. The third kappa shape index (κ3) is 2.89. The van der Waals surface area contributed by atoms with Crippen LogP contribution in [-0.4, -0.2) is 38.5 Å². The Bertz CT molecular complexity index is 1000. The zero-order valence-electron chi connectivity index (χ0n) is 15.0. The Morgan fingerprint density at radius 2 is 1.96 bits per heavy atom. The van der Waals surface area contributed by atoms with E-state index in [1.54, 1.807) is 12.1 Å². The second-order valence-electron chi connectivity index (χ2n) is 7.58. The molecule has 3 atom stereocenters. The normalized spacial score (nSPS) is 24.9. The summed E-state index contributed by atoms with van der Waals surface area (Å²) < 4.78 is 16.0. The largest absolute Gasteiger partial charge is 0.342 e. The quantitative estimate of drug-likeness (QED) is 0.716. The fourth-order valence-electron chi connectivity index (χ4n) is 4.35. The van der Waals surface area contributed by atoms with Crippen LogP contribution in [-0.2, 0) is 4.79 Å². The van der Waals surface area contributed by atoms with Crippen molar-refractivity contribution in [3.8, 4) is 0 Å². The number of halogens is 1. The molecule has 2 aromatic heterocycles. The molecule has 1 amide bonds. The van der Waals surface area contributed by atoms with Crippen molar-refractivity contribution < 1.29 is 9.18 Å². The molecule has 1 aliphatic heterocycles. The number of hydrogen-bond donors (Lipinski definition) is 0. The molecule has 5 rings (SSSR count). The van der Waals surface area contributed by atoms with Crippen molar-refractivity contribution in [2.75, 3.05) is 13.1 Å². The van der Waals surface area contributed by atoms with Gasteiger partial charge in [-0.1, -0.05) is 24.3 Å². The van der Waals surface area contributed by atoms with Gasteiger partial charge in [-0.25, -0.2) is 4.39 Å². The lowest BCUT2D eigenvalue weighted by Gasteiger charge is -2.32. The molecule has 1 aliphatic carbocycles. The molecule has 2 fully saturated rings. The number of nitrogens with zero attached hydrogens (tertiary/aromatic N) is 4. The lowest BCUT2D eigenvalue weighted by Crippen LogP contribution is -2.40. The minimum atomic E-state index is -0.204. The molecule has 5 nitrogen and oxygen atoms in total. The number of aromatic nitrogens is 3. The maximum Gasteiger partial charge on any atom is 0.226 e.